The topological polar surface area (TPSA) is 171 Å². The Kier molecular flexibility index (Phi) is 13.8. The number of nitrogens with zero attached hydrogens (tertiary/aromatic N) is 2. The molecule has 1 aliphatic rings. The van der Waals surface area contributed by atoms with Crippen molar-refractivity contribution in [1.82, 2.24) is 30.8 Å². The van der Waals surface area contributed by atoms with Crippen molar-refractivity contribution in [3.05, 3.63) is 119 Å². The van der Waals surface area contributed by atoms with Gasteiger partial charge in [0.05, 0.1) is 11.1 Å². The lowest BCUT2D eigenvalue weighted by Gasteiger charge is -2.28. The Morgan fingerprint density at radius 2 is 1.64 bits per heavy atom. The van der Waals surface area contributed by atoms with Crippen LogP contribution in [-0.2, 0) is 27.5 Å². The van der Waals surface area contributed by atoms with Crippen molar-refractivity contribution in [2.75, 3.05) is 20.1 Å². The Bertz CT molecular complexity index is 2160. The number of likely N-dealkylation sites (N-methyl/N-ethyl adjacent to an activating group) is 1. The van der Waals surface area contributed by atoms with Gasteiger partial charge in [0.2, 0.25) is 11.8 Å². The maximum Gasteiger partial charge on any atom is 0.268 e. The van der Waals surface area contributed by atoms with Crippen LogP contribution in [0.15, 0.2) is 107 Å². The molecule has 3 amide bonds. The van der Waals surface area contributed by atoms with Gasteiger partial charge in [-0.3, -0.25) is 14.4 Å². The van der Waals surface area contributed by atoms with E-state index in [0.29, 0.717) is 61.8 Å². The highest BCUT2D eigenvalue weighted by Gasteiger charge is 2.31. The summed E-state index contributed by atoms with van der Waals surface area (Å²) in [5.74, 6) is -1.23. The monoisotopic (exact) mass is 778 g/mol. The Morgan fingerprint density at radius 3 is 2.44 bits per heavy atom. The van der Waals surface area contributed by atoms with Gasteiger partial charge in [-0.2, -0.15) is 0 Å². The van der Waals surface area contributed by atoms with E-state index in [1.165, 1.54) is 16.7 Å². The molecule has 286 valence electrons. The fraction of sp³-hybridized carbons (Fsp3) is 0.286. The van der Waals surface area contributed by atoms with Crippen LogP contribution in [0, 0.1) is 0 Å². The molecule has 2 aromatic heterocycles. The molecule has 0 saturated carbocycles. The minimum absolute atomic E-state index is 0.104. The summed E-state index contributed by atoms with van der Waals surface area (Å²) in [4.78, 5) is 53.0. The molecule has 0 fully saturated rings. The normalized spacial score (nSPS) is 18.1. The number of carbonyl (C=O) groups excluding carboxylic acids is 3. The molecule has 55 heavy (non-hydrogen) atoms. The van der Waals surface area contributed by atoms with Gasteiger partial charge in [0.25, 0.3) is 5.91 Å². The van der Waals surface area contributed by atoms with Crippen LogP contribution in [0.2, 0.25) is 5.02 Å². The first-order valence-electron chi connectivity index (χ1n) is 18.5. The highest BCUT2D eigenvalue weighted by molar-refractivity contribution is 7.99. The number of rotatable bonds is 9. The maximum absolute atomic E-state index is 14.5. The van der Waals surface area contributed by atoms with Gasteiger partial charge in [-0.25, -0.2) is 4.98 Å². The second kappa shape index (κ2) is 19.1. The van der Waals surface area contributed by atoms with Gasteiger partial charge in [-0.1, -0.05) is 78.0 Å². The highest BCUT2D eigenvalue weighted by Crippen LogP contribution is 2.40. The lowest BCUT2D eigenvalue weighted by Crippen LogP contribution is -2.53. The van der Waals surface area contributed by atoms with Gasteiger partial charge in [0.1, 0.15) is 16.8 Å². The first kappa shape index (κ1) is 39.7. The number of pyridine rings is 1. The summed E-state index contributed by atoms with van der Waals surface area (Å²) in [6.45, 7) is 1.28. The highest BCUT2D eigenvalue weighted by atomic mass is 35.5. The Morgan fingerprint density at radius 1 is 0.873 bits per heavy atom. The maximum atomic E-state index is 14.5. The zero-order valence-corrected chi connectivity index (χ0v) is 32.4. The van der Waals surface area contributed by atoms with Crippen molar-refractivity contribution in [3.8, 4) is 11.1 Å². The quantitative estimate of drug-likeness (QED) is 0.0785. The number of aromatic nitrogens is 2. The Hall–Kier alpha value is -4.98. The number of fused-ring (bicyclic) bond motifs is 3. The van der Waals surface area contributed by atoms with E-state index in [2.05, 4.69) is 20.9 Å². The van der Waals surface area contributed by atoms with Crippen molar-refractivity contribution in [2.45, 2.75) is 67.2 Å². The number of unbranched alkanes of at least 4 members (excludes halogenated alkanes) is 1. The molecule has 0 bridgehead atoms. The molecule has 0 aliphatic carbocycles. The number of amides is 3. The van der Waals surface area contributed by atoms with E-state index < -0.39 is 23.9 Å². The molecule has 13 heteroatoms. The van der Waals surface area contributed by atoms with E-state index >= 15 is 0 Å². The molecule has 1 aliphatic heterocycles. The fourth-order valence-corrected chi connectivity index (χ4v) is 7.99. The molecule has 0 unspecified atom stereocenters. The molecular formula is C42H47ClN8O3S. The number of para-hydroxylation sites is 1. The molecule has 6 rings (SSSR count). The van der Waals surface area contributed by atoms with E-state index in [9.17, 15) is 14.4 Å². The van der Waals surface area contributed by atoms with Crippen molar-refractivity contribution >= 4 is 58.1 Å². The first-order chi connectivity index (χ1) is 26.8. The molecule has 0 radical (unpaired) electrons. The second-order valence-corrected chi connectivity index (χ2v) is 14.9. The molecule has 5 aromatic rings. The first-order valence-corrected chi connectivity index (χ1v) is 19.7. The Balaban J connectivity index is 1.47. The summed E-state index contributed by atoms with van der Waals surface area (Å²) in [7, 11) is 1.57. The van der Waals surface area contributed by atoms with Crippen LogP contribution in [0.1, 0.15) is 48.8 Å². The van der Waals surface area contributed by atoms with E-state index in [0.717, 1.165) is 43.6 Å². The van der Waals surface area contributed by atoms with Gasteiger partial charge < -0.3 is 37.3 Å². The molecule has 11 nitrogen and oxygen atoms in total. The second-order valence-electron chi connectivity index (χ2n) is 13.5. The third-order valence-corrected chi connectivity index (χ3v) is 11.3. The molecular weight excluding hydrogens is 732 g/mol. The summed E-state index contributed by atoms with van der Waals surface area (Å²) < 4.78 is 0. The van der Waals surface area contributed by atoms with Gasteiger partial charge >= 0.3 is 0 Å². The van der Waals surface area contributed by atoms with Gasteiger partial charge in [-0.05, 0) is 97.8 Å². The molecule has 0 spiro atoms. The van der Waals surface area contributed by atoms with Gasteiger partial charge in [-0.15, -0.1) is 0 Å². The van der Waals surface area contributed by atoms with Crippen LogP contribution < -0.4 is 27.4 Å². The number of hydrogen-bond donors (Lipinski definition) is 6. The smallest absolute Gasteiger partial charge is 0.268 e. The molecule has 8 N–H and O–H groups in total. The van der Waals surface area contributed by atoms with Crippen LogP contribution in [0.4, 0.5) is 0 Å². The number of hydrogen-bond acceptors (Lipinski definition) is 8. The average Bonchev–Trinajstić information content (AvgIpc) is 3.62. The lowest BCUT2D eigenvalue weighted by molar-refractivity contribution is -0.136. The summed E-state index contributed by atoms with van der Waals surface area (Å²) in [6.07, 6.45) is 7.89. The predicted molar refractivity (Wildman–Crippen MR) is 220 cm³/mol. The predicted octanol–water partition coefficient (Wildman–Crippen LogP) is 5.97. The van der Waals surface area contributed by atoms with Crippen LogP contribution in [0.5, 0.6) is 0 Å². The van der Waals surface area contributed by atoms with Crippen LogP contribution >= 0.6 is 23.4 Å². The summed E-state index contributed by atoms with van der Waals surface area (Å²) >= 11 is 8.49. The number of aromatic amines is 1. The van der Waals surface area contributed by atoms with Gasteiger partial charge in [0.15, 0.2) is 0 Å². The van der Waals surface area contributed by atoms with Crippen molar-refractivity contribution in [3.63, 3.8) is 0 Å². The third-order valence-electron chi connectivity index (χ3n) is 9.67. The number of carbonyl (C=O) groups is 3. The van der Waals surface area contributed by atoms with Crippen LogP contribution in [0.3, 0.4) is 0 Å². The van der Waals surface area contributed by atoms with Crippen molar-refractivity contribution in [2.24, 2.45) is 11.5 Å². The van der Waals surface area contributed by atoms with Crippen LogP contribution in [-0.4, -0.2) is 64.8 Å². The summed E-state index contributed by atoms with van der Waals surface area (Å²) in [5, 5.41) is 11.6. The standard InChI is InChI=1S/C42H47ClN8O3S/c1-51-37(23-30-25-47-34-15-6-5-14-32(30)34)40(53)49-26-31-21-29(27-11-3-2-4-12-27)22-33(43)38(31)55-41-28(13-10-20-46-41)24-48-35(17-9-19-45)39(52)50-36(42(51)54)16-7-8-18-44/h2-6,10-15,20-23,25,35-36,47-48H,7-9,16-19,24,26,44-45H2,1H3,(H,49,53)(H,50,52)/b37-23+/t35-,36-/m0/s1. The molecule has 3 heterocycles. The van der Waals surface area contributed by atoms with E-state index in [-0.39, 0.29) is 18.1 Å². The SMILES string of the molecule is CN1C(=O)[C@H](CCCCN)NC(=O)[C@H](CCCN)NCc2cccnc2Sc2c(Cl)cc(-c3ccccc3)cc2CNC(=O)/C1=C\c1c[nH]c2ccccc12. The number of H-pyrrole nitrogens is 1. The zero-order valence-electron chi connectivity index (χ0n) is 30.8. The average molecular weight is 779 g/mol. The summed E-state index contributed by atoms with van der Waals surface area (Å²) in [5.41, 5.74) is 16.9. The third kappa shape index (κ3) is 9.83. The Labute approximate surface area is 330 Å². The zero-order chi connectivity index (χ0) is 38.7. The van der Waals surface area contributed by atoms with E-state index in [4.69, 9.17) is 28.1 Å². The fourth-order valence-electron chi connectivity index (χ4n) is 6.64. The number of nitrogens with two attached hydrogens (primary N) is 2. The van der Waals surface area contributed by atoms with Crippen molar-refractivity contribution < 1.29 is 14.4 Å². The van der Waals surface area contributed by atoms with Gasteiger partial charge in [0, 0.05) is 53.9 Å². The minimum Gasteiger partial charge on any atom is -0.361 e. The minimum atomic E-state index is -0.918. The molecule has 2 atom stereocenters. The lowest BCUT2D eigenvalue weighted by atomic mass is 10.0. The van der Waals surface area contributed by atoms with E-state index in [1.54, 1.807) is 19.3 Å². The van der Waals surface area contributed by atoms with E-state index in [1.807, 2.05) is 85.1 Å². The number of nitrogens with one attached hydrogen (secondary N) is 4. The van der Waals surface area contributed by atoms with Crippen LogP contribution in [0.25, 0.3) is 28.1 Å². The number of benzene rings is 3. The number of halogens is 1. The molecule has 3 aromatic carbocycles. The summed E-state index contributed by atoms with van der Waals surface area (Å²) in [6, 6.07) is 23.8. The van der Waals surface area contributed by atoms with Crippen molar-refractivity contribution in [1.29, 1.82) is 0 Å². The largest absolute Gasteiger partial charge is 0.361 e. The molecule has 0 saturated heterocycles.